The highest BCUT2D eigenvalue weighted by molar-refractivity contribution is 5.83. The van der Waals surface area contributed by atoms with Crippen LogP contribution in [0.5, 0.6) is 0 Å². The number of nitrogens with zero attached hydrogens (tertiary/aromatic N) is 1. The Labute approximate surface area is 106 Å². The van der Waals surface area contributed by atoms with E-state index in [2.05, 4.69) is 0 Å². The van der Waals surface area contributed by atoms with Crippen molar-refractivity contribution in [2.24, 2.45) is 0 Å². The van der Waals surface area contributed by atoms with Crippen LogP contribution in [0.4, 0.5) is 4.79 Å². The van der Waals surface area contributed by atoms with E-state index in [0.717, 1.165) is 0 Å². The smallest absolute Gasteiger partial charge is 0.411 e. The summed E-state index contributed by atoms with van der Waals surface area (Å²) < 4.78 is 15.5. The Balaban J connectivity index is 2.14. The number of amides is 1. The lowest BCUT2D eigenvalue weighted by atomic mass is 10.2. The third-order valence-corrected chi connectivity index (χ3v) is 3.10. The molecule has 18 heavy (non-hydrogen) atoms. The van der Waals surface area contributed by atoms with Crippen LogP contribution < -0.4 is 0 Å². The number of likely N-dealkylation sites (tertiary alicyclic amines) is 1. The summed E-state index contributed by atoms with van der Waals surface area (Å²) in [6, 6.07) is -0.766. The van der Waals surface area contributed by atoms with Crippen molar-refractivity contribution in [2.45, 2.75) is 51.0 Å². The molecule has 3 unspecified atom stereocenters. The van der Waals surface area contributed by atoms with Gasteiger partial charge in [0.2, 0.25) is 0 Å². The highest BCUT2D eigenvalue weighted by Gasteiger charge is 2.54. The minimum absolute atomic E-state index is 0.0889. The normalized spacial score (nSPS) is 30.4. The van der Waals surface area contributed by atoms with Crippen molar-refractivity contribution in [1.82, 2.24) is 4.90 Å². The summed E-state index contributed by atoms with van der Waals surface area (Å²) in [6.07, 6.45) is -0.0809. The maximum atomic E-state index is 12.1. The first-order chi connectivity index (χ1) is 8.33. The Hall–Kier alpha value is -1.30. The maximum absolute atomic E-state index is 12.1. The molecule has 6 nitrogen and oxygen atoms in total. The molecule has 2 heterocycles. The van der Waals surface area contributed by atoms with Gasteiger partial charge in [0.15, 0.2) is 6.04 Å². The molecule has 2 bridgehead atoms. The summed E-state index contributed by atoms with van der Waals surface area (Å²) in [5, 5.41) is 0. The number of carbonyl (C=O) groups excluding carboxylic acids is 2. The quantitative estimate of drug-likeness (QED) is 0.654. The Morgan fingerprint density at radius 2 is 2.00 bits per heavy atom. The number of morpholine rings is 1. The highest BCUT2D eigenvalue weighted by atomic mass is 16.6. The van der Waals surface area contributed by atoms with E-state index >= 15 is 0 Å². The minimum Gasteiger partial charge on any atom is -0.467 e. The highest BCUT2D eigenvalue weighted by Crippen LogP contribution is 2.35. The monoisotopic (exact) mass is 257 g/mol. The van der Waals surface area contributed by atoms with Crippen LogP contribution in [0.15, 0.2) is 0 Å². The van der Waals surface area contributed by atoms with Gasteiger partial charge in [-0.2, -0.15) is 0 Å². The van der Waals surface area contributed by atoms with Crippen LogP contribution in [0.3, 0.4) is 0 Å². The molecule has 0 radical (unpaired) electrons. The number of carbonyl (C=O) groups is 2. The molecule has 0 spiro atoms. The molecule has 2 fully saturated rings. The first-order valence-corrected chi connectivity index (χ1v) is 6.04. The average Bonchev–Trinajstić information content (AvgIpc) is 2.84. The largest absolute Gasteiger partial charge is 0.467 e. The van der Waals surface area contributed by atoms with Crippen LogP contribution in [0.25, 0.3) is 0 Å². The van der Waals surface area contributed by atoms with Crippen LogP contribution in [-0.4, -0.2) is 54.5 Å². The predicted octanol–water partition coefficient (Wildman–Crippen LogP) is 0.936. The third kappa shape index (κ3) is 2.29. The molecule has 102 valence electrons. The van der Waals surface area contributed by atoms with Crippen molar-refractivity contribution in [3.8, 4) is 0 Å². The lowest BCUT2D eigenvalue weighted by molar-refractivity contribution is -0.153. The van der Waals surface area contributed by atoms with Crippen molar-refractivity contribution in [3.63, 3.8) is 0 Å². The molecule has 2 rings (SSSR count). The summed E-state index contributed by atoms with van der Waals surface area (Å²) in [7, 11) is 1.31. The van der Waals surface area contributed by atoms with Crippen LogP contribution in [0.2, 0.25) is 0 Å². The van der Waals surface area contributed by atoms with Gasteiger partial charge in [0.25, 0.3) is 0 Å². The number of fused-ring (bicyclic) bond motifs is 2. The van der Waals surface area contributed by atoms with Gasteiger partial charge >= 0.3 is 12.1 Å². The van der Waals surface area contributed by atoms with E-state index in [1.807, 2.05) is 0 Å². The molecule has 0 aromatic heterocycles. The van der Waals surface area contributed by atoms with E-state index in [9.17, 15) is 9.59 Å². The standard InChI is InChI=1S/C12H19NO5/c1-12(2,3)18-11(15)13-7-5-8(17-6-7)9(13)10(14)16-4/h7-9H,5-6H2,1-4H3. The minimum atomic E-state index is -0.677. The van der Waals surface area contributed by atoms with Gasteiger partial charge in [-0.25, -0.2) is 9.59 Å². The molecular formula is C12H19NO5. The van der Waals surface area contributed by atoms with E-state index in [1.54, 1.807) is 20.8 Å². The number of rotatable bonds is 1. The van der Waals surface area contributed by atoms with Crippen LogP contribution in [0.1, 0.15) is 27.2 Å². The van der Waals surface area contributed by atoms with Gasteiger partial charge in [0, 0.05) is 0 Å². The van der Waals surface area contributed by atoms with Gasteiger partial charge < -0.3 is 14.2 Å². The van der Waals surface area contributed by atoms with E-state index in [0.29, 0.717) is 13.0 Å². The molecule has 2 aliphatic heterocycles. The zero-order valence-corrected chi connectivity index (χ0v) is 11.1. The van der Waals surface area contributed by atoms with Gasteiger partial charge in [-0.3, -0.25) is 4.90 Å². The Morgan fingerprint density at radius 3 is 2.56 bits per heavy atom. The van der Waals surface area contributed by atoms with Crippen LogP contribution in [-0.2, 0) is 19.0 Å². The molecule has 2 saturated heterocycles. The molecule has 3 atom stereocenters. The van der Waals surface area contributed by atoms with Gasteiger partial charge in [-0.1, -0.05) is 0 Å². The Morgan fingerprint density at radius 1 is 1.33 bits per heavy atom. The fraction of sp³-hybridized carbons (Fsp3) is 0.833. The first-order valence-electron chi connectivity index (χ1n) is 6.04. The van der Waals surface area contributed by atoms with Crippen molar-refractivity contribution in [1.29, 1.82) is 0 Å². The first kappa shape index (κ1) is 13.1. The molecule has 6 heteroatoms. The van der Waals surface area contributed by atoms with Crippen LogP contribution in [0, 0.1) is 0 Å². The fourth-order valence-electron chi connectivity index (χ4n) is 2.42. The second-order valence-corrected chi connectivity index (χ2v) is 5.62. The third-order valence-electron chi connectivity index (χ3n) is 3.10. The zero-order chi connectivity index (χ0) is 13.5. The summed E-state index contributed by atoms with van der Waals surface area (Å²) >= 11 is 0. The van der Waals surface area contributed by atoms with E-state index in [1.165, 1.54) is 12.0 Å². The lowest BCUT2D eigenvalue weighted by Crippen LogP contribution is -2.54. The summed E-state index contributed by atoms with van der Waals surface area (Å²) in [5.41, 5.74) is -0.583. The van der Waals surface area contributed by atoms with E-state index in [-0.39, 0.29) is 12.1 Å². The number of methoxy groups -OCH3 is 1. The molecule has 0 N–H and O–H groups in total. The van der Waals surface area contributed by atoms with Gasteiger partial charge in [-0.05, 0) is 27.2 Å². The molecule has 1 amide bonds. The van der Waals surface area contributed by atoms with Gasteiger partial charge in [0.05, 0.1) is 25.9 Å². The molecule has 0 aromatic rings. The van der Waals surface area contributed by atoms with Crippen molar-refractivity contribution in [3.05, 3.63) is 0 Å². The summed E-state index contributed by atoms with van der Waals surface area (Å²) in [6.45, 7) is 5.84. The molecular weight excluding hydrogens is 238 g/mol. The summed E-state index contributed by atoms with van der Waals surface area (Å²) in [5.74, 6) is -0.451. The van der Waals surface area contributed by atoms with Crippen molar-refractivity contribution >= 4 is 12.1 Å². The lowest BCUT2D eigenvalue weighted by Gasteiger charge is -2.34. The molecule has 0 aliphatic carbocycles. The zero-order valence-electron chi connectivity index (χ0n) is 11.1. The van der Waals surface area contributed by atoms with Gasteiger partial charge in [-0.15, -0.1) is 0 Å². The van der Waals surface area contributed by atoms with E-state index in [4.69, 9.17) is 14.2 Å². The number of ether oxygens (including phenoxy) is 3. The topological polar surface area (TPSA) is 65.1 Å². The molecule has 2 aliphatic rings. The molecule has 0 saturated carbocycles. The number of hydrogen-bond acceptors (Lipinski definition) is 5. The predicted molar refractivity (Wildman–Crippen MR) is 62.0 cm³/mol. The van der Waals surface area contributed by atoms with E-state index < -0.39 is 23.7 Å². The fourth-order valence-corrected chi connectivity index (χ4v) is 2.42. The second kappa shape index (κ2) is 4.42. The number of hydrogen-bond donors (Lipinski definition) is 0. The maximum Gasteiger partial charge on any atom is 0.411 e. The molecule has 0 aromatic carbocycles. The summed E-state index contributed by atoms with van der Waals surface area (Å²) in [4.78, 5) is 25.3. The van der Waals surface area contributed by atoms with Crippen molar-refractivity contribution < 1.29 is 23.8 Å². The number of esters is 1. The van der Waals surface area contributed by atoms with Crippen molar-refractivity contribution in [2.75, 3.05) is 13.7 Å². The average molecular weight is 257 g/mol. The SMILES string of the molecule is COC(=O)C1C2CC(CO2)N1C(=O)OC(C)(C)C. The van der Waals surface area contributed by atoms with Gasteiger partial charge in [0.1, 0.15) is 5.60 Å². The van der Waals surface area contributed by atoms with Crippen LogP contribution >= 0.6 is 0 Å². The Kier molecular flexibility index (Phi) is 3.23. The Bertz CT molecular complexity index is 362. The second-order valence-electron chi connectivity index (χ2n) is 5.62.